The van der Waals surface area contributed by atoms with E-state index in [1.54, 1.807) is 24.3 Å². The third-order valence-corrected chi connectivity index (χ3v) is 2.71. The summed E-state index contributed by atoms with van der Waals surface area (Å²) in [5, 5.41) is 17.5. The lowest BCUT2D eigenvalue weighted by Gasteiger charge is -2.09. The molecule has 0 aliphatic carbocycles. The van der Waals surface area contributed by atoms with Crippen LogP contribution >= 0.6 is 11.6 Å². The first-order valence-electron chi connectivity index (χ1n) is 5.87. The molecule has 2 rings (SSSR count). The molecule has 1 aromatic heterocycles. The Morgan fingerprint density at radius 1 is 1.25 bits per heavy atom. The monoisotopic (exact) mass is 293 g/mol. The second-order valence-corrected chi connectivity index (χ2v) is 4.28. The van der Waals surface area contributed by atoms with Crippen LogP contribution in [0.15, 0.2) is 30.6 Å². The zero-order chi connectivity index (χ0) is 14.5. The summed E-state index contributed by atoms with van der Waals surface area (Å²) in [6, 6.07) is 6.78. The molecule has 1 heterocycles. The first-order chi connectivity index (χ1) is 9.61. The van der Waals surface area contributed by atoms with Crippen molar-refractivity contribution in [1.29, 1.82) is 0 Å². The molecule has 7 nitrogen and oxygen atoms in total. The maximum Gasteiger partial charge on any atom is 0.353 e. The minimum atomic E-state index is -0.518. The van der Waals surface area contributed by atoms with Gasteiger partial charge in [0.1, 0.15) is 6.33 Å². The molecule has 0 bridgehead atoms. The molecule has 0 saturated carbocycles. The van der Waals surface area contributed by atoms with Crippen LogP contribution in [0.2, 0.25) is 5.02 Å². The van der Waals surface area contributed by atoms with Gasteiger partial charge in [0.05, 0.1) is 4.92 Å². The quantitative estimate of drug-likeness (QED) is 0.649. The van der Waals surface area contributed by atoms with Gasteiger partial charge in [-0.05, 0) is 31.2 Å². The van der Waals surface area contributed by atoms with E-state index in [0.717, 1.165) is 0 Å². The highest BCUT2D eigenvalue weighted by Crippen LogP contribution is 2.31. The smallest absolute Gasteiger partial charge is 0.353 e. The number of rotatable bonds is 5. The molecule has 2 N–H and O–H groups in total. The van der Waals surface area contributed by atoms with Crippen molar-refractivity contribution in [1.82, 2.24) is 9.97 Å². The van der Waals surface area contributed by atoms with Gasteiger partial charge in [0, 0.05) is 17.3 Å². The summed E-state index contributed by atoms with van der Waals surface area (Å²) < 4.78 is 0. The van der Waals surface area contributed by atoms with Gasteiger partial charge in [-0.2, -0.15) is 0 Å². The Morgan fingerprint density at radius 3 is 2.50 bits per heavy atom. The van der Waals surface area contributed by atoms with Gasteiger partial charge in [-0.3, -0.25) is 10.1 Å². The van der Waals surface area contributed by atoms with Crippen molar-refractivity contribution in [2.45, 2.75) is 6.92 Å². The number of hydrogen-bond donors (Lipinski definition) is 2. The lowest BCUT2D eigenvalue weighted by molar-refractivity contribution is -0.383. The van der Waals surface area contributed by atoms with E-state index in [2.05, 4.69) is 20.6 Å². The number of benzene rings is 1. The van der Waals surface area contributed by atoms with Gasteiger partial charge < -0.3 is 10.6 Å². The Bertz CT molecular complexity index is 618. The van der Waals surface area contributed by atoms with Crippen molar-refractivity contribution < 1.29 is 4.92 Å². The topological polar surface area (TPSA) is 93.0 Å². The Labute approximate surface area is 120 Å². The molecule has 0 amide bonds. The third kappa shape index (κ3) is 3.12. The van der Waals surface area contributed by atoms with E-state index in [1.807, 2.05) is 6.92 Å². The fourth-order valence-electron chi connectivity index (χ4n) is 1.61. The average molecular weight is 294 g/mol. The van der Waals surface area contributed by atoms with Crippen molar-refractivity contribution >= 4 is 34.6 Å². The molecule has 0 unspecified atom stereocenters. The summed E-state index contributed by atoms with van der Waals surface area (Å²) in [4.78, 5) is 18.5. The fraction of sp³-hybridized carbons (Fsp3) is 0.167. The van der Waals surface area contributed by atoms with E-state index in [-0.39, 0.29) is 17.3 Å². The van der Waals surface area contributed by atoms with Gasteiger partial charge >= 0.3 is 5.69 Å². The number of aromatic nitrogens is 2. The molecule has 0 atom stereocenters. The molecule has 0 radical (unpaired) electrons. The zero-order valence-electron chi connectivity index (χ0n) is 10.6. The Morgan fingerprint density at radius 2 is 1.90 bits per heavy atom. The first-order valence-corrected chi connectivity index (χ1v) is 6.25. The van der Waals surface area contributed by atoms with Crippen LogP contribution < -0.4 is 10.6 Å². The highest BCUT2D eigenvalue weighted by molar-refractivity contribution is 6.30. The molecule has 2 aromatic rings. The second kappa shape index (κ2) is 6.16. The van der Waals surface area contributed by atoms with Gasteiger partial charge in [0.25, 0.3) is 0 Å². The molecule has 0 aliphatic heterocycles. The van der Waals surface area contributed by atoms with E-state index >= 15 is 0 Å². The average Bonchev–Trinajstić information content (AvgIpc) is 2.41. The predicted molar refractivity (Wildman–Crippen MR) is 77.6 cm³/mol. The van der Waals surface area contributed by atoms with Gasteiger partial charge in [-0.25, -0.2) is 9.97 Å². The standard InChI is InChI=1S/C12H12ClN5O2/c1-2-14-11-10(18(19)20)12(16-7-15-11)17-9-5-3-8(13)4-6-9/h3-7H,2H2,1H3,(H2,14,15,16,17). The van der Waals surface area contributed by atoms with Gasteiger partial charge in [-0.15, -0.1) is 0 Å². The van der Waals surface area contributed by atoms with Crippen molar-refractivity contribution in [2.75, 3.05) is 17.2 Å². The largest absolute Gasteiger partial charge is 0.364 e. The molecular formula is C12H12ClN5O2. The molecule has 0 fully saturated rings. The summed E-state index contributed by atoms with van der Waals surface area (Å²) in [7, 11) is 0. The van der Waals surface area contributed by atoms with Gasteiger partial charge in [0.2, 0.25) is 11.6 Å². The molecule has 104 valence electrons. The Hall–Kier alpha value is -2.41. The van der Waals surface area contributed by atoms with Gasteiger partial charge in [0.15, 0.2) is 0 Å². The van der Waals surface area contributed by atoms with Crippen LogP contribution in [0.4, 0.5) is 23.0 Å². The van der Waals surface area contributed by atoms with Crippen LogP contribution in [0.25, 0.3) is 0 Å². The van der Waals surface area contributed by atoms with Crippen LogP contribution in [-0.4, -0.2) is 21.4 Å². The molecule has 0 spiro atoms. The predicted octanol–water partition coefficient (Wildman–Crippen LogP) is 3.21. The third-order valence-electron chi connectivity index (χ3n) is 2.46. The highest BCUT2D eigenvalue weighted by atomic mass is 35.5. The lowest BCUT2D eigenvalue weighted by atomic mass is 10.3. The molecular weight excluding hydrogens is 282 g/mol. The summed E-state index contributed by atoms with van der Waals surface area (Å²) in [5.74, 6) is 0.312. The summed E-state index contributed by atoms with van der Waals surface area (Å²) in [5.41, 5.74) is 0.461. The van der Waals surface area contributed by atoms with Gasteiger partial charge in [-0.1, -0.05) is 11.6 Å². The van der Waals surface area contributed by atoms with Crippen LogP contribution in [0, 0.1) is 10.1 Å². The van der Waals surface area contributed by atoms with Crippen molar-refractivity contribution in [3.05, 3.63) is 45.7 Å². The normalized spacial score (nSPS) is 10.1. The number of anilines is 3. The second-order valence-electron chi connectivity index (χ2n) is 3.84. The Balaban J connectivity index is 2.37. The Kier molecular flexibility index (Phi) is 4.31. The van der Waals surface area contributed by atoms with E-state index in [4.69, 9.17) is 11.6 Å². The maximum atomic E-state index is 11.2. The summed E-state index contributed by atoms with van der Waals surface area (Å²) in [6.07, 6.45) is 1.27. The fourth-order valence-corrected chi connectivity index (χ4v) is 1.74. The number of nitrogens with one attached hydrogen (secondary N) is 2. The van der Waals surface area contributed by atoms with E-state index in [9.17, 15) is 10.1 Å². The summed E-state index contributed by atoms with van der Waals surface area (Å²) >= 11 is 5.79. The maximum absolute atomic E-state index is 11.2. The van der Waals surface area contributed by atoms with Crippen molar-refractivity contribution in [3.63, 3.8) is 0 Å². The molecule has 0 aliphatic rings. The molecule has 20 heavy (non-hydrogen) atoms. The summed E-state index contributed by atoms with van der Waals surface area (Å²) in [6.45, 7) is 2.36. The number of nitrogens with zero attached hydrogens (tertiary/aromatic N) is 3. The van der Waals surface area contributed by atoms with Crippen LogP contribution in [-0.2, 0) is 0 Å². The number of halogens is 1. The molecule has 0 saturated heterocycles. The molecule has 1 aromatic carbocycles. The first kappa shape index (κ1) is 14.0. The lowest BCUT2D eigenvalue weighted by Crippen LogP contribution is -2.07. The van der Waals surface area contributed by atoms with Crippen LogP contribution in [0.3, 0.4) is 0 Å². The van der Waals surface area contributed by atoms with Crippen LogP contribution in [0.1, 0.15) is 6.92 Å². The van der Waals surface area contributed by atoms with Crippen LogP contribution in [0.5, 0.6) is 0 Å². The van der Waals surface area contributed by atoms with E-state index in [1.165, 1.54) is 6.33 Å². The number of hydrogen-bond acceptors (Lipinski definition) is 6. The minimum Gasteiger partial charge on any atom is -0.364 e. The SMILES string of the molecule is CCNc1ncnc(Nc2ccc(Cl)cc2)c1[N+](=O)[O-]. The van der Waals surface area contributed by atoms with Crippen molar-refractivity contribution in [2.24, 2.45) is 0 Å². The highest BCUT2D eigenvalue weighted by Gasteiger charge is 2.22. The minimum absolute atomic E-state index is 0.128. The molecule has 8 heteroatoms. The van der Waals surface area contributed by atoms with E-state index < -0.39 is 4.92 Å². The van der Waals surface area contributed by atoms with E-state index in [0.29, 0.717) is 17.3 Å². The van der Waals surface area contributed by atoms with Crippen molar-refractivity contribution in [3.8, 4) is 0 Å². The number of nitro groups is 1. The zero-order valence-corrected chi connectivity index (χ0v) is 11.4.